The number of hydrazone groups is 1. The van der Waals surface area contributed by atoms with Crippen molar-refractivity contribution in [2.45, 2.75) is 38.1 Å². The van der Waals surface area contributed by atoms with Crippen molar-refractivity contribution in [3.05, 3.63) is 35.9 Å². The summed E-state index contributed by atoms with van der Waals surface area (Å²) < 4.78 is 5.29. The molecule has 0 bridgehead atoms. The lowest BCUT2D eigenvalue weighted by molar-refractivity contribution is 0.154. The van der Waals surface area contributed by atoms with E-state index in [-0.39, 0.29) is 17.8 Å². The molecule has 0 heterocycles. The zero-order valence-corrected chi connectivity index (χ0v) is 13.8. The fourth-order valence-corrected chi connectivity index (χ4v) is 2.57. The van der Waals surface area contributed by atoms with Crippen molar-refractivity contribution in [1.82, 2.24) is 10.7 Å². The molecule has 1 fully saturated rings. The number of alkyl carbamates (subject to hydrolysis) is 1. The molecule has 4 N–H and O–H groups in total. The third-order valence-corrected chi connectivity index (χ3v) is 3.77. The van der Waals surface area contributed by atoms with Crippen LogP contribution in [0.3, 0.4) is 0 Å². The topological polar surface area (TPSA) is 88.7 Å². The van der Waals surface area contributed by atoms with Crippen LogP contribution in [0.4, 0.5) is 4.79 Å². The minimum atomic E-state index is -0.421. The zero-order chi connectivity index (χ0) is 16.5. The fraction of sp³-hybridized carbons (Fsp3) is 0.438. The molecule has 0 spiro atoms. The van der Waals surface area contributed by atoms with Crippen LogP contribution in [-0.4, -0.2) is 29.6 Å². The Kier molecular flexibility index (Phi) is 6.80. The summed E-state index contributed by atoms with van der Waals surface area (Å²) in [6.45, 7) is 0.0399. The zero-order valence-electron chi connectivity index (χ0n) is 13.0. The molecule has 0 atom stereocenters. The highest BCUT2D eigenvalue weighted by Crippen LogP contribution is 2.17. The lowest BCUT2D eigenvalue weighted by atomic mass is 9.96. The van der Waals surface area contributed by atoms with E-state index in [1.165, 1.54) is 6.42 Å². The van der Waals surface area contributed by atoms with Gasteiger partial charge >= 0.3 is 6.09 Å². The number of rotatable bonds is 5. The van der Waals surface area contributed by atoms with Crippen molar-refractivity contribution >= 4 is 29.1 Å². The van der Waals surface area contributed by atoms with Gasteiger partial charge in [-0.25, -0.2) is 4.79 Å². The van der Waals surface area contributed by atoms with E-state index in [1.807, 2.05) is 30.3 Å². The highest BCUT2D eigenvalue weighted by molar-refractivity contribution is 7.80. The van der Waals surface area contributed by atoms with Crippen molar-refractivity contribution in [2.24, 2.45) is 10.8 Å². The molecule has 1 aromatic carbocycles. The molecule has 2 rings (SSSR count). The molecule has 1 saturated carbocycles. The van der Waals surface area contributed by atoms with E-state index < -0.39 is 6.09 Å². The Morgan fingerprint density at radius 2 is 1.96 bits per heavy atom. The van der Waals surface area contributed by atoms with E-state index in [2.05, 4.69) is 15.8 Å². The van der Waals surface area contributed by atoms with Gasteiger partial charge in [0.1, 0.15) is 12.3 Å². The number of amides is 1. The van der Waals surface area contributed by atoms with E-state index >= 15 is 0 Å². The van der Waals surface area contributed by atoms with Crippen LogP contribution in [0.1, 0.15) is 37.7 Å². The van der Waals surface area contributed by atoms with Gasteiger partial charge in [-0.15, -0.1) is 0 Å². The van der Waals surface area contributed by atoms with Crippen LogP contribution in [-0.2, 0) is 4.74 Å². The number of carbonyl (C=O) groups is 1. The van der Waals surface area contributed by atoms with Crippen LogP contribution < -0.4 is 16.5 Å². The first-order chi connectivity index (χ1) is 11.1. The molecular weight excluding hydrogens is 312 g/mol. The lowest BCUT2D eigenvalue weighted by Crippen LogP contribution is -2.37. The molecule has 6 nitrogen and oxygen atoms in total. The summed E-state index contributed by atoms with van der Waals surface area (Å²) in [5, 5.41) is 7.07. The van der Waals surface area contributed by atoms with Crippen molar-refractivity contribution < 1.29 is 9.53 Å². The first-order valence-electron chi connectivity index (χ1n) is 7.76. The van der Waals surface area contributed by atoms with Crippen LogP contribution in [0.2, 0.25) is 0 Å². The van der Waals surface area contributed by atoms with Gasteiger partial charge in [0.25, 0.3) is 0 Å². The van der Waals surface area contributed by atoms with Gasteiger partial charge in [0.05, 0.1) is 0 Å². The number of benzene rings is 1. The van der Waals surface area contributed by atoms with Gasteiger partial charge in [-0.3, -0.25) is 5.43 Å². The molecule has 1 amide bonds. The number of hydrogen-bond acceptors (Lipinski definition) is 4. The molecule has 124 valence electrons. The summed E-state index contributed by atoms with van der Waals surface area (Å²) in [7, 11) is 0. The average Bonchev–Trinajstić information content (AvgIpc) is 2.56. The maximum Gasteiger partial charge on any atom is 0.407 e. The van der Waals surface area contributed by atoms with Crippen molar-refractivity contribution in [2.75, 3.05) is 6.61 Å². The molecule has 0 saturated heterocycles. The summed E-state index contributed by atoms with van der Waals surface area (Å²) in [4.78, 5) is 11.9. The third-order valence-electron chi connectivity index (χ3n) is 3.68. The molecule has 0 aromatic heterocycles. The summed E-state index contributed by atoms with van der Waals surface area (Å²) >= 11 is 4.75. The highest BCUT2D eigenvalue weighted by atomic mass is 32.1. The lowest BCUT2D eigenvalue weighted by Gasteiger charge is -2.22. The SMILES string of the molecule is NC(=S)N/N=C(/COC(=O)NC1CCCCC1)c1ccccc1. The molecule has 0 radical (unpaired) electrons. The molecule has 1 aliphatic carbocycles. The maximum absolute atomic E-state index is 11.9. The summed E-state index contributed by atoms with van der Waals surface area (Å²) in [6.07, 6.45) is 5.15. The van der Waals surface area contributed by atoms with Crippen LogP contribution in [0.15, 0.2) is 35.4 Å². The first-order valence-corrected chi connectivity index (χ1v) is 8.16. The summed E-state index contributed by atoms with van der Waals surface area (Å²) in [6, 6.07) is 9.63. The number of nitrogens with one attached hydrogen (secondary N) is 2. The standard InChI is InChI=1S/C16H22N4O2S/c17-15(23)20-19-14(12-7-3-1-4-8-12)11-22-16(21)18-13-9-5-2-6-10-13/h1,3-4,7-8,13H,2,5-6,9-11H2,(H,18,21)(H3,17,20,23)/b19-14-. The van der Waals surface area contributed by atoms with Gasteiger partial charge in [-0.2, -0.15) is 5.10 Å². The van der Waals surface area contributed by atoms with Gasteiger partial charge in [0, 0.05) is 11.6 Å². The largest absolute Gasteiger partial charge is 0.443 e. The van der Waals surface area contributed by atoms with Crippen LogP contribution in [0.25, 0.3) is 0 Å². The van der Waals surface area contributed by atoms with E-state index in [4.69, 9.17) is 22.7 Å². The molecule has 1 aliphatic rings. The van der Waals surface area contributed by atoms with Crippen LogP contribution in [0.5, 0.6) is 0 Å². The number of carbonyl (C=O) groups excluding carboxylic acids is 1. The van der Waals surface area contributed by atoms with Gasteiger partial charge in [-0.05, 0) is 25.1 Å². The Morgan fingerprint density at radius 3 is 2.61 bits per heavy atom. The summed E-state index contributed by atoms with van der Waals surface area (Å²) in [5.74, 6) is 0. The quantitative estimate of drug-likeness (QED) is 0.437. The van der Waals surface area contributed by atoms with E-state index in [0.717, 1.165) is 31.2 Å². The van der Waals surface area contributed by atoms with Crippen molar-refractivity contribution in [1.29, 1.82) is 0 Å². The Labute approximate surface area is 141 Å². The molecule has 7 heteroatoms. The Bertz CT molecular complexity index is 556. The fourth-order valence-electron chi connectivity index (χ4n) is 2.52. The minimum Gasteiger partial charge on any atom is -0.443 e. The van der Waals surface area contributed by atoms with Gasteiger partial charge in [0.2, 0.25) is 0 Å². The van der Waals surface area contributed by atoms with Crippen LogP contribution in [0, 0.1) is 0 Å². The van der Waals surface area contributed by atoms with Gasteiger partial charge in [0.15, 0.2) is 5.11 Å². The molecule has 23 heavy (non-hydrogen) atoms. The number of thiocarbonyl (C=S) groups is 1. The van der Waals surface area contributed by atoms with E-state index in [1.54, 1.807) is 0 Å². The number of hydrogen-bond donors (Lipinski definition) is 3. The second kappa shape index (κ2) is 9.09. The Hall–Kier alpha value is -2.15. The second-order valence-electron chi connectivity index (χ2n) is 5.46. The Morgan fingerprint density at radius 1 is 1.26 bits per heavy atom. The third kappa shape index (κ3) is 6.23. The molecule has 0 unspecified atom stereocenters. The van der Waals surface area contributed by atoms with E-state index in [0.29, 0.717) is 5.71 Å². The predicted octanol–water partition coefficient (Wildman–Crippen LogP) is 2.28. The second-order valence-corrected chi connectivity index (χ2v) is 5.90. The molecule has 0 aliphatic heterocycles. The van der Waals surface area contributed by atoms with Crippen molar-refractivity contribution in [3.63, 3.8) is 0 Å². The number of ether oxygens (including phenoxy) is 1. The predicted molar refractivity (Wildman–Crippen MR) is 94.3 cm³/mol. The smallest absolute Gasteiger partial charge is 0.407 e. The van der Waals surface area contributed by atoms with Crippen LogP contribution >= 0.6 is 12.2 Å². The molecular formula is C16H22N4O2S. The average molecular weight is 334 g/mol. The van der Waals surface area contributed by atoms with E-state index in [9.17, 15) is 4.79 Å². The normalized spacial score (nSPS) is 15.7. The number of nitrogens with zero attached hydrogens (tertiary/aromatic N) is 1. The highest BCUT2D eigenvalue weighted by Gasteiger charge is 2.17. The minimum absolute atomic E-state index is 0.0399. The van der Waals surface area contributed by atoms with Crippen molar-refractivity contribution in [3.8, 4) is 0 Å². The van der Waals surface area contributed by atoms with Gasteiger partial charge < -0.3 is 15.8 Å². The monoisotopic (exact) mass is 334 g/mol. The Balaban J connectivity index is 1.91. The molecule has 1 aromatic rings. The summed E-state index contributed by atoms with van der Waals surface area (Å²) in [5.41, 5.74) is 9.31. The van der Waals surface area contributed by atoms with Gasteiger partial charge in [-0.1, -0.05) is 49.6 Å². The number of nitrogens with two attached hydrogens (primary N) is 1. The first kappa shape index (κ1) is 17.2. The maximum atomic E-state index is 11.9.